The Labute approximate surface area is 118 Å². The van der Waals surface area contributed by atoms with Crippen molar-refractivity contribution < 1.29 is 5.11 Å². The highest BCUT2D eigenvalue weighted by Gasteiger charge is 2.15. The minimum Gasteiger partial charge on any atom is -0.508 e. The van der Waals surface area contributed by atoms with Gasteiger partial charge in [0.2, 0.25) is 0 Å². The first-order chi connectivity index (χ1) is 9.24. The highest BCUT2D eigenvalue weighted by Crippen LogP contribution is 2.31. The molecular formula is C16H19NOS. The van der Waals surface area contributed by atoms with Gasteiger partial charge in [0.05, 0.1) is 0 Å². The fraction of sp³-hybridized carbons (Fsp3) is 0.375. The van der Waals surface area contributed by atoms with E-state index in [1.54, 1.807) is 16.5 Å². The molecule has 19 heavy (non-hydrogen) atoms. The van der Waals surface area contributed by atoms with Gasteiger partial charge in [-0.05, 0) is 43.9 Å². The summed E-state index contributed by atoms with van der Waals surface area (Å²) in [4.78, 5) is 2.99. The van der Waals surface area contributed by atoms with Crippen molar-refractivity contribution in [2.24, 2.45) is 0 Å². The summed E-state index contributed by atoms with van der Waals surface area (Å²) >= 11 is 1.94. The zero-order chi connectivity index (χ0) is 13.2. The molecule has 0 fully saturated rings. The molecule has 0 amide bonds. The van der Waals surface area contributed by atoms with Gasteiger partial charge < -0.3 is 10.4 Å². The number of nitrogens with one attached hydrogen (secondary N) is 1. The smallest absolute Gasteiger partial charge is 0.120 e. The fourth-order valence-corrected chi connectivity index (χ4v) is 3.91. The Kier molecular flexibility index (Phi) is 3.58. The van der Waals surface area contributed by atoms with Crippen molar-refractivity contribution >= 4 is 11.3 Å². The van der Waals surface area contributed by atoms with Crippen LogP contribution in [0.15, 0.2) is 30.3 Å². The molecular weight excluding hydrogens is 254 g/mol. The summed E-state index contributed by atoms with van der Waals surface area (Å²) in [6, 6.07) is 10.0. The van der Waals surface area contributed by atoms with Crippen LogP contribution in [0, 0.1) is 0 Å². The number of thiophene rings is 1. The van der Waals surface area contributed by atoms with Gasteiger partial charge >= 0.3 is 0 Å². The van der Waals surface area contributed by atoms with Gasteiger partial charge in [0, 0.05) is 27.9 Å². The number of hydrogen-bond donors (Lipinski definition) is 2. The third-order valence-corrected chi connectivity index (χ3v) is 5.02. The Hall–Kier alpha value is -1.32. The van der Waals surface area contributed by atoms with E-state index in [2.05, 4.69) is 18.3 Å². The second kappa shape index (κ2) is 5.35. The molecule has 0 saturated carbocycles. The normalized spacial score (nSPS) is 15.4. The minimum atomic E-state index is 0.165. The van der Waals surface area contributed by atoms with Gasteiger partial charge in [0.15, 0.2) is 0 Å². The molecule has 0 spiro atoms. The van der Waals surface area contributed by atoms with Crippen LogP contribution in [0.5, 0.6) is 5.75 Å². The predicted molar refractivity (Wildman–Crippen MR) is 79.7 cm³/mol. The molecule has 0 saturated heterocycles. The molecule has 2 nitrogen and oxygen atoms in total. The number of phenolic OH excluding ortho intramolecular Hbond substituents is 1. The van der Waals surface area contributed by atoms with Crippen LogP contribution in [-0.2, 0) is 19.4 Å². The van der Waals surface area contributed by atoms with Crippen molar-refractivity contribution in [1.29, 1.82) is 0 Å². The number of aromatic hydroxyl groups is 1. The molecule has 3 heteroatoms. The van der Waals surface area contributed by atoms with Crippen LogP contribution in [0.4, 0.5) is 0 Å². The Morgan fingerprint density at radius 2 is 2.16 bits per heavy atom. The van der Waals surface area contributed by atoms with E-state index in [4.69, 9.17) is 0 Å². The van der Waals surface area contributed by atoms with E-state index in [0.717, 1.165) is 12.1 Å². The van der Waals surface area contributed by atoms with E-state index >= 15 is 0 Å². The Morgan fingerprint density at radius 1 is 1.32 bits per heavy atom. The first-order valence-electron chi connectivity index (χ1n) is 6.86. The summed E-state index contributed by atoms with van der Waals surface area (Å²) in [5.74, 6) is 0.371. The number of phenols is 1. The van der Waals surface area contributed by atoms with Gasteiger partial charge in [-0.25, -0.2) is 0 Å². The SMILES string of the molecule is CC(NCc1cc2c(s1)CCC2)c1ccccc1O. The number of rotatable bonds is 4. The summed E-state index contributed by atoms with van der Waals surface area (Å²) in [7, 11) is 0. The molecule has 2 aromatic rings. The van der Waals surface area contributed by atoms with Gasteiger partial charge in [0.25, 0.3) is 0 Å². The zero-order valence-electron chi connectivity index (χ0n) is 11.1. The van der Waals surface area contributed by atoms with Crippen LogP contribution in [0.1, 0.15) is 40.3 Å². The largest absolute Gasteiger partial charge is 0.508 e. The van der Waals surface area contributed by atoms with Gasteiger partial charge in [-0.2, -0.15) is 0 Å². The molecule has 1 aliphatic carbocycles. The van der Waals surface area contributed by atoms with Gasteiger partial charge in [-0.15, -0.1) is 11.3 Å². The van der Waals surface area contributed by atoms with Crippen LogP contribution < -0.4 is 5.32 Å². The summed E-state index contributed by atoms with van der Waals surface area (Å²) < 4.78 is 0. The highest BCUT2D eigenvalue weighted by atomic mass is 32.1. The van der Waals surface area contributed by atoms with Crippen molar-refractivity contribution in [3.05, 3.63) is 51.2 Å². The van der Waals surface area contributed by atoms with Crippen LogP contribution in [-0.4, -0.2) is 5.11 Å². The summed E-state index contributed by atoms with van der Waals surface area (Å²) in [6.45, 7) is 2.98. The Morgan fingerprint density at radius 3 is 2.95 bits per heavy atom. The topological polar surface area (TPSA) is 32.3 Å². The van der Waals surface area contributed by atoms with E-state index < -0.39 is 0 Å². The highest BCUT2D eigenvalue weighted by molar-refractivity contribution is 7.12. The molecule has 2 N–H and O–H groups in total. The first-order valence-corrected chi connectivity index (χ1v) is 7.67. The maximum Gasteiger partial charge on any atom is 0.120 e. The molecule has 1 aliphatic rings. The third kappa shape index (κ3) is 2.67. The van der Waals surface area contributed by atoms with E-state index in [0.29, 0.717) is 5.75 Å². The average molecular weight is 273 g/mol. The van der Waals surface area contributed by atoms with Crippen LogP contribution in [0.3, 0.4) is 0 Å². The zero-order valence-corrected chi connectivity index (χ0v) is 12.0. The molecule has 0 aliphatic heterocycles. The Balaban J connectivity index is 1.64. The summed E-state index contributed by atoms with van der Waals surface area (Å²) in [6.07, 6.45) is 3.83. The lowest BCUT2D eigenvalue weighted by Crippen LogP contribution is -2.17. The van der Waals surface area contributed by atoms with Crippen LogP contribution in [0.25, 0.3) is 0 Å². The molecule has 1 aromatic carbocycles. The fourth-order valence-electron chi connectivity index (χ4n) is 2.70. The standard InChI is InChI=1S/C16H19NOS/c1-11(14-6-2-3-7-15(14)18)17-10-13-9-12-5-4-8-16(12)19-13/h2-3,6-7,9,11,17-18H,4-5,8,10H2,1H3. The number of aryl methyl sites for hydroxylation is 2. The van der Waals surface area contributed by atoms with Crippen molar-refractivity contribution in [2.75, 3.05) is 0 Å². The summed E-state index contributed by atoms with van der Waals surface area (Å²) in [5, 5.41) is 13.3. The lowest BCUT2D eigenvalue weighted by molar-refractivity contribution is 0.452. The molecule has 1 heterocycles. The van der Waals surface area contributed by atoms with Crippen molar-refractivity contribution in [1.82, 2.24) is 5.32 Å². The van der Waals surface area contributed by atoms with Crippen LogP contribution in [0.2, 0.25) is 0 Å². The number of benzene rings is 1. The van der Waals surface area contributed by atoms with E-state index in [-0.39, 0.29) is 6.04 Å². The number of fused-ring (bicyclic) bond motifs is 1. The third-order valence-electron chi connectivity index (χ3n) is 3.78. The molecule has 3 rings (SSSR count). The van der Waals surface area contributed by atoms with E-state index in [1.165, 1.54) is 24.1 Å². The molecule has 0 bridgehead atoms. The number of hydrogen-bond acceptors (Lipinski definition) is 3. The monoisotopic (exact) mass is 273 g/mol. The van der Waals surface area contributed by atoms with Crippen LogP contribution >= 0.6 is 11.3 Å². The minimum absolute atomic E-state index is 0.165. The maximum atomic E-state index is 9.84. The van der Waals surface area contributed by atoms with E-state index in [9.17, 15) is 5.11 Å². The summed E-state index contributed by atoms with van der Waals surface area (Å²) in [5.41, 5.74) is 2.52. The van der Waals surface area contributed by atoms with E-state index in [1.807, 2.05) is 29.5 Å². The van der Waals surface area contributed by atoms with Crippen molar-refractivity contribution in [3.63, 3.8) is 0 Å². The molecule has 100 valence electrons. The van der Waals surface area contributed by atoms with Crippen molar-refractivity contribution in [3.8, 4) is 5.75 Å². The van der Waals surface area contributed by atoms with Crippen molar-refractivity contribution in [2.45, 2.75) is 38.8 Å². The molecule has 1 aromatic heterocycles. The second-order valence-electron chi connectivity index (χ2n) is 5.18. The average Bonchev–Trinajstić information content (AvgIpc) is 2.97. The first kappa shape index (κ1) is 12.7. The number of para-hydroxylation sites is 1. The molecule has 1 unspecified atom stereocenters. The van der Waals surface area contributed by atoms with Gasteiger partial charge in [-0.3, -0.25) is 0 Å². The molecule has 0 radical (unpaired) electrons. The maximum absolute atomic E-state index is 9.84. The predicted octanol–water partition coefficient (Wildman–Crippen LogP) is 3.79. The van der Waals surface area contributed by atoms with Gasteiger partial charge in [0.1, 0.15) is 5.75 Å². The lowest BCUT2D eigenvalue weighted by atomic mass is 10.1. The van der Waals surface area contributed by atoms with Gasteiger partial charge in [-0.1, -0.05) is 18.2 Å². The lowest BCUT2D eigenvalue weighted by Gasteiger charge is -2.14. The Bertz CT molecular complexity index is 554. The molecule has 1 atom stereocenters. The second-order valence-corrected chi connectivity index (χ2v) is 6.40. The quantitative estimate of drug-likeness (QED) is 0.888.